The summed E-state index contributed by atoms with van der Waals surface area (Å²) in [4.78, 5) is 97.7. The molecule has 0 spiro atoms. The van der Waals surface area contributed by atoms with E-state index in [1.165, 1.54) is 13.8 Å². The lowest BCUT2D eigenvalue weighted by molar-refractivity contribution is -0.138. The first-order valence-electron chi connectivity index (χ1n) is 16.3. The fraction of sp³-hybridized carbons (Fsp3) is 0.654. The number of anilines is 1. The van der Waals surface area contributed by atoms with E-state index in [1.807, 2.05) is 0 Å². The van der Waals surface area contributed by atoms with Gasteiger partial charge in [-0.2, -0.15) is 4.31 Å². The molecule has 0 saturated carbocycles. The molecule has 322 valence electrons. The van der Waals surface area contributed by atoms with Gasteiger partial charge in [0.1, 0.15) is 42.4 Å². The summed E-state index contributed by atoms with van der Waals surface area (Å²) in [6.45, 7) is 0.0486. The number of hydrogen-bond acceptors (Lipinski definition) is 20. The van der Waals surface area contributed by atoms with Crippen LogP contribution in [0.2, 0.25) is 0 Å². The van der Waals surface area contributed by atoms with Crippen molar-refractivity contribution in [3.05, 3.63) is 12.7 Å². The third-order valence-electron chi connectivity index (χ3n) is 7.65. The Balaban J connectivity index is 1.47. The molecule has 1 aliphatic rings. The molecule has 2 aromatic rings. The average molecular weight is 898 g/mol. The number of nitrogen functional groups attached to an aromatic ring is 1. The van der Waals surface area contributed by atoms with Crippen LogP contribution in [0.15, 0.2) is 12.7 Å². The second-order valence-corrected chi connectivity index (χ2v) is 18.0. The van der Waals surface area contributed by atoms with Crippen LogP contribution in [0.3, 0.4) is 0 Å². The maximum atomic E-state index is 12.7. The maximum Gasteiger partial charge on any atom is 0.481 e. The number of nitrogens with zero attached hydrogens (tertiary/aromatic N) is 4. The van der Waals surface area contributed by atoms with Crippen LogP contribution in [0.5, 0.6) is 0 Å². The Labute approximate surface area is 326 Å². The highest BCUT2D eigenvalue weighted by molar-refractivity contribution is 8.13. The molecule has 3 heterocycles. The number of phosphoric acid groups is 3. The minimum absolute atomic E-state index is 0.00320. The SMILES string of the molecule is CC(C)(COP(=O)(O)OP(=O)(O)OC[C@H]1O[C@@H](n2cnc3c(N)ncnc32)[C@H](O)[C@@H]1OP(=O)(O)O)[C@@H](O)C(=O)NCCC(=O)NCCSC(=O)[C@H](O)CCC(=O)O. The number of aliphatic hydroxyl groups is 3. The van der Waals surface area contributed by atoms with E-state index in [9.17, 15) is 67.8 Å². The topological polar surface area (TPSA) is 421 Å². The van der Waals surface area contributed by atoms with Gasteiger partial charge in [0.25, 0.3) is 0 Å². The smallest absolute Gasteiger partial charge is 0.481 e. The van der Waals surface area contributed by atoms with E-state index in [0.717, 1.165) is 17.2 Å². The highest BCUT2D eigenvalue weighted by atomic mass is 32.2. The number of carboxylic acids is 1. The molecular weight excluding hydrogens is 855 g/mol. The van der Waals surface area contributed by atoms with Crippen LogP contribution in [0.1, 0.15) is 39.3 Å². The summed E-state index contributed by atoms with van der Waals surface area (Å²) in [7, 11) is -16.5. The number of nitrogens with two attached hydrogens (primary N) is 1. The molecule has 1 saturated heterocycles. The van der Waals surface area contributed by atoms with Crippen molar-refractivity contribution in [1.82, 2.24) is 30.2 Å². The van der Waals surface area contributed by atoms with Gasteiger partial charge < -0.3 is 61.1 Å². The average Bonchev–Trinajstić information content (AvgIpc) is 3.66. The molecule has 0 aliphatic carbocycles. The molecule has 0 radical (unpaired) electrons. The summed E-state index contributed by atoms with van der Waals surface area (Å²) in [5.74, 6) is -2.76. The van der Waals surface area contributed by atoms with Gasteiger partial charge in [-0.25, -0.2) is 28.6 Å². The van der Waals surface area contributed by atoms with Crippen molar-refractivity contribution in [2.24, 2.45) is 5.41 Å². The molecule has 0 aromatic carbocycles. The number of carbonyl (C=O) groups is 4. The minimum Gasteiger partial charge on any atom is -0.481 e. The third-order valence-corrected chi connectivity index (χ3v) is 11.7. The van der Waals surface area contributed by atoms with Crippen molar-refractivity contribution in [3.8, 4) is 0 Å². The van der Waals surface area contributed by atoms with Gasteiger partial charge in [0, 0.05) is 37.1 Å². The normalized spacial score (nSPS) is 22.0. The quantitative estimate of drug-likeness (QED) is 0.0420. The Bertz CT molecular complexity index is 1900. The number of ether oxygens (including phenoxy) is 1. The molecule has 2 unspecified atom stereocenters. The number of thioether (sulfide) groups is 1. The number of imidazole rings is 1. The van der Waals surface area contributed by atoms with Crippen molar-refractivity contribution in [1.29, 1.82) is 0 Å². The van der Waals surface area contributed by atoms with Gasteiger partial charge in [-0.3, -0.25) is 37.3 Å². The first-order valence-corrected chi connectivity index (χ1v) is 21.8. The van der Waals surface area contributed by atoms with Crippen LogP contribution < -0.4 is 16.4 Å². The Morgan fingerprint density at radius 2 is 1.68 bits per heavy atom. The predicted molar refractivity (Wildman–Crippen MR) is 190 cm³/mol. The standard InChI is InChI=1S/C26H42N7O20P3S/c1-26(2,20(39)23(40)29-6-5-15(35)28-7-8-57-25(41)13(34)3-4-16(36)37)10-50-56(47,48)53-55(45,46)49-9-14-19(52-54(42,43)44)18(38)24(51-14)33-12-32-17-21(27)30-11-31-22(17)33/h11-14,18-20,24,34,38-39H,3-10H2,1-2H3,(H,28,35)(H,29,40)(H,36,37)(H,45,46)(H,47,48)(H2,27,30,31)(H2,42,43,44)/t13-,14-,18-,19-,20+,24-/m1/s1. The number of amides is 2. The number of aliphatic carboxylic acids is 1. The first kappa shape index (κ1) is 48.4. The Hall–Kier alpha value is -3.01. The fourth-order valence-electron chi connectivity index (χ4n) is 4.76. The number of fused-ring (bicyclic) bond motifs is 1. The molecule has 57 heavy (non-hydrogen) atoms. The fourth-order valence-corrected chi connectivity index (χ4v) is 8.30. The van der Waals surface area contributed by atoms with Crippen LogP contribution >= 0.6 is 35.2 Å². The molecule has 1 fully saturated rings. The van der Waals surface area contributed by atoms with Crippen LogP contribution in [0, 0.1) is 5.41 Å². The van der Waals surface area contributed by atoms with E-state index in [0.29, 0.717) is 11.8 Å². The van der Waals surface area contributed by atoms with Gasteiger partial charge in [-0.05, 0) is 6.42 Å². The molecular formula is C26H42N7O20P3S. The highest BCUT2D eigenvalue weighted by Crippen LogP contribution is 2.61. The first-order chi connectivity index (χ1) is 26.3. The molecule has 3 rings (SSSR count). The second-order valence-electron chi connectivity index (χ2n) is 12.7. The lowest BCUT2D eigenvalue weighted by atomic mass is 9.87. The van der Waals surface area contributed by atoms with Gasteiger partial charge in [0.15, 0.2) is 17.7 Å². The number of aromatic nitrogens is 4. The summed E-state index contributed by atoms with van der Waals surface area (Å²) in [6, 6.07) is 0. The lowest BCUT2D eigenvalue weighted by Crippen LogP contribution is -2.46. The Kier molecular flexibility index (Phi) is 17.2. The van der Waals surface area contributed by atoms with Gasteiger partial charge in [0.05, 0.1) is 19.5 Å². The molecule has 1 aliphatic heterocycles. The van der Waals surface area contributed by atoms with Crippen molar-refractivity contribution in [2.45, 2.75) is 69.9 Å². The Morgan fingerprint density at radius 1 is 1.02 bits per heavy atom. The number of aliphatic hydroxyl groups excluding tert-OH is 3. The highest BCUT2D eigenvalue weighted by Gasteiger charge is 2.50. The minimum atomic E-state index is -5.60. The monoisotopic (exact) mass is 897 g/mol. The molecule has 0 bridgehead atoms. The van der Waals surface area contributed by atoms with E-state index in [4.69, 9.17) is 24.6 Å². The van der Waals surface area contributed by atoms with Gasteiger partial charge >= 0.3 is 29.4 Å². The molecule has 31 heteroatoms. The summed E-state index contributed by atoms with van der Waals surface area (Å²) in [6.07, 6.45) is -9.31. The number of phosphoric ester groups is 3. The zero-order chi connectivity index (χ0) is 42.9. The summed E-state index contributed by atoms with van der Waals surface area (Å²) < 4.78 is 61.9. The number of nitrogens with one attached hydrogen (secondary N) is 2. The molecule has 2 aromatic heterocycles. The van der Waals surface area contributed by atoms with Crippen LogP contribution in [0.4, 0.5) is 5.82 Å². The summed E-state index contributed by atoms with van der Waals surface area (Å²) in [5, 5.41) is 43.7. The van der Waals surface area contributed by atoms with Crippen molar-refractivity contribution < 1.29 is 95.5 Å². The number of rotatable bonds is 23. The van der Waals surface area contributed by atoms with Crippen molar-refractivity contribution >= 4 is 75.1 Å². The van der Waals surface area contributed by atoms with Crippen molar-refractivity contribution in [2.75, 3.05) is 37.8 Å². The zero-order valence-electron chi connectivity index (χ0n) is 29.9. The zero-order valence-corrected chi connectivity index (χ0v) is 33.4. The van der Waals surface area contributed by atoms with Gasteiger partial charge in [-0.15, -0.1) is 0 Å². The van der Waals surface area contributed by atoms with E-state index >= 15 is 0 Å². The van der Waals surface area contributed by atoms with Gasteiger partial charge in [0.2, 0.25) is 16.9 Å². The van der Waals surface area contributed by atoms with E-state index in [-0.39, 0.29) is 48.7 Å². The van der Waals surface area contributed by atoms with Crippen molar-refractivity contribution in [3.63, 3.8) is 0 Å². The summed E-state index contributed by atoms with van der Waals surface area (Å²) >= 11 is 0.687. The largest absolute Gasteiger partial charge is 0.481 e. The predicted octanol–water partition coefficient (Wildman–Crippen LogP) is -2.11. The van der Waals surface area contributed by atoms with Gasteiger partial charge in [-0.1, -0.05) is 25.6 Å². The Morgan fingerprint density at radius 3 is 2.33 bits per heavy atom. The molecule has 27 nitrogen and oxygen atoms in total. The van der Waals surface area contributed by atoms with Crippen LogP contribution in [-0.2, 0) is 55.5 Å². The second kappa shape index (κ2) is 20.3. The molecule has 2 amide bonds. The third kappa shape index (κ3) is 15.0. The van der Waals surface area contributed by atoms with E-state index < -0.39 is 108 Å². The number of carbonyl (C=O) groups excluding carboxylic acids is 3. The number of carboxylic acid groups (broad SMARTS) is 1. The number of hydrogen-bond donors (Lipinski definition) is 11. The van der Waals surface area contributed by atoms with Crippen LogP contribution in [0.25, 0.3) is 11.2 Å². The molecule has 8 atom stereocenters. The summed E-state index contributed by atoms with van der Waals surface area (Å²) in [5.41, 5.74) is 4.17. The van der Waals surface area contributed by atoms with Crippen LogP contribution in [-0.4, -0.2) is 145 Å². The maximum absolute atomic E-state index is 12.7. The van der Waals surface area contributed by atoms with E-state index in [2.05, 4.69) is 34.4 Å². The molecule has 12 N–H and O–H groups in total. The van der Waals surface area contributed by atoms with E-state index in [1.54, 1.807) is 0 Å². The lowest BCUT2D eigenvalue weighted by Gasteiger charge is -2.30.